The Bertz CT molecular complexity index is 583. The summed E-state index contributed by atoms with van der Waals surface area (Å²) in [6.07, 6.45) is 4.07. The maximum Gasteiger partial charge on any atom is 0.330 e. The van der Waals surface area contributed by atoms with Crippen LogP contribution in [0, 0.1) is 0 Å². The minimum absolute atomic E-state index is 0.111. The van der Waals surface area contributed by atoms with E-state index in [0.29, 0.717) is 32.0 Å². The number of urea groups is 1. The Kier molecular flexibility index (Phi) is 6.81. The molecule has 6 heteroatoms. The van der Waals surface area contributed by atoms with E-state index in [-0.39, 0.29) is 18.1 Å². The van der Waals surface area contributed by atoms with E-state index in [0.717, 1.165) is 12.0 Å². The Morgan fingerprint density at radius 2 is 2.08 bits per heavy atom. The molecular formula is C18H24N2O4. The number of carbonyl (C=O) groups is 2. The van der Waals surface area contributed by atoms with E-state index in [1.54, 1.807) is 30.0 Å². The third kappa shape index (κ3) is 5.38. The highest BCUT2D eigenvalue weighted by molar-refractivity contribution is 5.90. The third-order valence-electron chi connectivity index (χ3n) is 3.74. The van der Waals surface area contributed by atoms with Crippen molar-refractivity contribution in [2.75, 3.05) is 31.6 Å². The molecule has 1 aromatic rings. The van der Waals surface area contributed by atoms with Gasteiger partial charge in [-0.3, -0.25) is 0 Å². The average molecular weight is 332 g/mol. The van der Waals surface area contributed by atoms with Crippen LogP contribution >= 0.6 is 0 Å². The molecule has 6 nitrogen and oxygen atoms in total. The van der Waals surface area contributed by atoms with Gasteiger partial charge in [-0.05, 0) is 37.1 Å². The van der Waals surface area contributed by atoms with E-state index in [1.807, 2.05) is 12.1 Å². The molecular weight excluding hydrogens is 308 g/mol. The molecule has 1 saturated heterocycles. The first kappa shape index (κ1) is 18.0. The van der Waals surface area contributed by atoms with Gasteiger partial charge in [-0.2, -0.15) is 0 Å². The Labute approximate surface area is 142 Å². The number of rotatable bonds is 5. The number of carbonyl (C=O) groups excluding carboxylic acids is 2. The summed E-state index contributed by atoms with van der Waals surface area (Å²) in [5.41, 5.74) is 1.58. The minimum atomic E-state index is -0.368. The zero-order chi connectivity index (χ0) is 17.4. The topological polar surface area (TPSA) is 67.9 Å². The van der Waals surface area contributed by atoms with Gasteiger partial charge in [0.25, 0.3) is 0 Å². The molecule has 2 rings (SSSR count). The second kappa shape index (κ2) is 9.08. The van der Waals surface area contributed by atoms with Crippen molar-refractivity contribution >= 4 is 23.8 Å². The van der Waals surface area contributed by atoms with Crippen molar-refractivity contribution in [2.24, 2.45) is 0 Å². The molecule has 1 heterocycles. The molecule has 1 aromatic carbocycles. The molecule has 1 N–H and O–H groups in total. The number of benzene rings is 1. The van der Waals surface area contributed by atoms with Crippen molar-refractivity contribution in [3.8, 4) is 0 Å². The van der Waals surface area contributed by atoms with E-state index in [1.165, 1.54) is 6.08 Å². The number of hydrogen-bond donors (Lipinski definition) is 1. The fourth-order valence-corrected chi connectivity index (χ4v) is 2.39. The van der Waals surface area contributed by atoms with Crippen LogP contribution in [0.25, 0.3) is 6.08 Å². The van der Waals surface area contributed by atoms with Crippen LogP contribution in [-0.4, -0.2) is 49.3 Å². The van der Waals surface area contributed by atoms with Gasteiger partial charge in [-0.15, -0.1) is 0 Å². The average Bonchev–Trinajstić information content (AvgIpc) is 2.61. The highest BCUT2D eigenvalue weighted by Crippen LogP contribution is 2.14. The second-order valence-electron chi connectivity index (χ2n) is 5.48. The van der Waals surface area contributed by atoms with E-state index < -0.39 is 0 Å². The van der Waals surface area contributed by atoms with Crippen molar-refractivity contribution in [2.45, 2.75) is 26.4 Å². The highest BCUT2D eigenvalue weighted by atomic mass is 16.5. The lowest BCUT2D eigenvalue weighted by molar-refractivity contribution is -0.137. The second-order valence-corrected chi connectivity index (χ2v) is 5.48. The Hall–Kier alpha value is -2.34. The van der Waals surface area contributed by atoms with Crippen LogP contribution in [0.5, 0.6) is 0 Å². The number of amides is 2. The number of nitrogens with zero attached hydrogens (tertiary/aromatic N) is 1. The van der Waals surface area contributed by atoms with Crippen molar-refractivity contribution in [3.63, 3.8) is 0 Å². The summed E-state index contributed by atoms with van der Waals surface area (Å²) in [5, 5.41) is 2.88. The van der Waals surface area contributed by atoms with E-state index in [2.05, 4.69) is 12.2 Å². The molecule has 0 saturated carbocycles. The zero-order valence-electron chi connectivity index (χ0n) is 14.2. The van der Waals surface area contributed by atoms with Gasteiger partial charge in [0.05, 0.1) is 19.3 Å². The van der Waals surface area contributed by atoms with Crippen molar-refractivity contribution in [1.82, 2.24) is 4.90 Å². The van der Waals surface area contributed by atoms with Crippen molar-refractivity contribution < 1.29 is 19.1 Å². The normalized spacial score (nSPS) is 17.8. The molecule has 2 amide bonds. The van der Waals surface area contributed by atoms with E-state index in [9.17, 15) is 9.59 Å². The summed E-state index contributed by atoms with van der Waals surface area (Å²) in [5.74, 6) is -0.368. The van der Waals surface area contributed by atoms with Gasteiger partial charge >= 0.3 is 12.0 Å². The minimum Gasteiger partial charge on any atom is -0.463 e. The lowest BCUT2D eigenvalue weighted by Crippen LogP contribution is -2.47. The molecule has 0 bridgehead atoms. The van der Waals surface area contributed by atoms with Crippen LogP contribution in [0.3, 0.4) is 0 Å². The smallest absolute Gasteiger partial charge is 0.330 e. The fraction of sp³-hybridized carbons (Fsp3) is 0.444. The number of nitrogens with one attached hydrogen (secondary N) is 1. The van der Waals surface area contributed by atoms with Crippen LogP contribution < -0.4 is 5.32 Å². The van der Waals surface area contributed by atoms with Gasteiger partial charge in [0.15, 0.2) is 0 Å². The first-order valence-corrected chi connectivity index (χ1v) is 8.24. The molecule has 1 atom stereocenters. The molecule has 0 spiro atoms. The number of hydrogen-bond acceptors (Lipinski definition) is 4. The predicted octanol–water partition coefficient (Wildman–Crippen LogP) is 2.91. The quantitative estimate of drug-likeness (QED) is 0.665. The molecule has 0 aliphatic carbocycles. The van der Waals surface area contributed by atoms with Gasteiger partial charge in [-0.1, -0.05) is 19.1 Å². The van der Waals surface area contributed by atoms with Crippen LogP contribution in [0.1, 0.15) is 25.8 Å². The van der Waals surface area contributed by atoms with E-state index in [4.69, 9.17) is 9.47 Å². The first-order chi connectivity index (χ1) is 11.6. The van der Waals surface area contributed by atoms with Crippen LogP contribution in [0.15, 0.2) is 30.3 Å². The molecule has 0 radical (unpaired) electrons. The van der Waals surface area contributed by atoms with Gasteiger partial charge < -0.3 is 19.7 Å². The maximum atomic E-state index is 12.3. The summed E-state index contributed by atoms with van der Waals surface area (Å²) < 4.78 is 10.4. The van der Waals surface area contributed by atoms with Crippen LogP contribution in [-0.2, 0) is 14.3 Å². The molecule has 1 aliphatic heterocycles. The third-order valence-corrected chi connectivity index (χ3v) is 3.74. The van der Waals surface area contributed by atoms with E-state index >= 15 is 0 Å². The maximum absolute atomic E-state index is 12.3. The fourth-order valence-electron chi connectivity index (χ4n) is 2.39. The molecule has 1 aliphatic rings. The first-order valence-electron chi connectivity index (χ1n) is 8.24. The summed E-state index contributed by atoms with van der Waals surface area (Å²) >= 11 is 0. The summed E-state index contributed by atoms with van der Waals surface area (Å²) in [4.78, 5) is 25.3. The van der Waals surface area contributed by atoms with Gasteiger partial charge in [0.2, 0.25) is 0 Å². The Balaban J connectivity index is 1.89. The summed E-state index contributed by atoms with van der Waals surface area (Å²) in [6.45, 7) is 5.96. The molecule has 0 aromatic heterocycles. The standard InChI is InChI=1S/C18H24N2O4/c1-3-16-13-20(11-12-24-16)18(22)19-15-8-5-14(6-9-15)7-10-17(21)23-4-2/h5-10,16H,3-4,11-13H2,1-2H3,(H,19,22)/b10-7+/t16-/m1/s1. The summed E-state index contributed by atoms with van der Waals surface area (Å²) in [7, 11) is 0. The van der Waals surface area contributed by atoms with Gasteiger partial charge in [-0.25, -0.2) is 9.59 Å². The number of morpholine rings is 1. The lowest BCUT2D eigenvalue weighted by Gasteiger charge is -2.32. The highest BCUT2D eigenvalue weighted by Gasteiger charge is 2.22. The Morgan fingerprint density at radius 1 is 1.33 bits per heavy atom. The molecule has 24 heavy (non-hydrogen) atoms. The molecule has 1 fully saturated rings. The van der Waals surface area contributed by atoms with Crippen molar-refractivity contribution in [1.29, 1.82) is 0 Å². The monoisotopic (exact) mass is 332 g/mol. The van der Waals surface area contributed by atoms with Gasteiger partial charge in [0, 0.05) is 24.9 Å². The van der Waals surface area contributed by atoms with Gasteiger partial charge in [0.1, 0.15) is 0 Å². The Morgan fingerprint density at radius 3 is 2.75 bits per heavy atom. The number of ether oxygens (including phenoxy) is 2. The number of esters is 1. The predicted molar refractivity (Wildman–Crippen MR) is 92.7 cm³/mol. The SMILES string of the molecule is CCOC(=O)/C=C/c1ccc(NC(=O)N2CCO[C@H](CC)C2)cc1. The lowest BCUT2D eigenvalue weighted by atomic mass is 10.2. The zero-order valence-corrected chi connectivity index (χ0v) is 14.2. The van der Waals surface area contributed by atoms with Crippen molar-refractivity contribution in [3.05, 3.63) is 35.9 Å². The largest absolute Gasteiger partial charge is 0.463 e. The summed E-state index contributed by atoms with van der Waals surface area (Å²) in [6, 6.07) is 7.16. The number of anilines is 1. The molecule has 0 unspecified atom stereocenters. The molecule has 130 valence electrons. The van der Waals surface area contributed by atoms with Crippen LogP contribution in [0.4, 0.5) is 10.5 Å². The van der Waals surface area contributed by atoms with Crippen LogP contribution in [0.2, 0.25) is 0 Å².